The lowest BCUT2D eigenvalue weighted by molar-refractivity contribution is 0.216. The number of hydrogen-bond donors (Lipinski definition) is 0. The van der Waals surface area contributed by atoms with Crippen LogP contribution in [0.2, 0.25) is 0 Å². The Morgan fingerprint density at radius 3 is 1.08 bits per heavy atom. The molecule has 364 valence electrons. The predicted molar refractivity (Wildman–Crippen MR) is 279 cm³/mol. The third-order valence-corrected chi connectivity index (χ3v) is 14.0. The van der Waals surface area contributed by atoms with Crippen molar-refractivity contribution in [2.75, 3.05) is 13.2 Å². The first kappa shape index (κ1) is 54.3. The Hall–Kier alpha value is -3.32. The standard InChI is InChI=1S/C58H92N2O4S/c1-5-9-13-17-21-23-27-31-39-49(37-29-25-19-15-11-7-3)47-61-52-41-33-35-43-54(52)63-56-45-51-58(65-60-59-51)46-57(56)64-55-44-36-34-42-53(55)62-48-50(38-30-26-20-16-12-8-4)40-32-28-24-22-18-14-10-6-2/h33-36,41-46,49-50H,5-32,37-40,47-48H2,1-4H3. The van der Waals surface area contributed by atoms with Gasteiger partial charge in [-0.05, 0) is 73.3 Å². The van der Waals surface area contributed by atoms with Crippen molar-refractivity contribution in [3.8, 4) is 34.5 Å². The number of ether oxygens (including phenoxy) is 4. The molecule has 0 aliphatic rings. The highest BCUT2D eigenvalue weighted by Crippen LogP contribution is 2.43. The Bertz CT molecular complexity index is 1620. The maximum atomic E-state index is 6.78. The molecule has 6 nitrogen and oxygen atoms in total. The van der Waals surface area contributed by atoms with Gasteiger partial charge in [0.25, 0.3) is 0 Å². The van der Waals surface area contributed by atoms with Crippen LogP contribution in [0.1, 0.15) is 233 Å². The van der Waals surface area contributed by atoms with Crippen LogP contribution in [0.3, 0.4) is 0 Å². The maximum absolute atomic E-state index is 6.78. The van der Waals surface area contributed by atoms with E-state index in [0.717, 1.165) is 21.7 Å². The van der Waals surface area contributed by atoms with Crippen LogP contribution in [-0.2, 0) is 0 Å². The lowest BCUT2D eigenvalue weighted by Crippen LogP contribution is -2.13. The number of hydrogen-bond acceptors (Lipinski definition) is 7. The van der Waals surface area contributed by atoms with Crippen LogP contribution in [0.25, 0.3) is 10.2 Å². The van der Waals surface area contributed by atoms with Crippen LogP contribution in [-0.4, -0.2) is 22.8 Å². The predicted octanol–water partition coefficient (Wildman–Crippen LogP) is 19.8. The van der Waals surface area contributed by atoms with Crippen molar-refractivity contribution >= 4 is 21.7 Å². The first-order chi connectivity index (χ1) is 32.1. The topological polar surface area (TPSA) is 62.7 Å². The van der Waals surface area contributed by atoms with Crippen molar-refractivity contribution in [1.82, 2.24) is 9.59 Å². The molecule has 2 unspecified atom stereocenters. The monoisotopic (exact) mass is 913 g/mol. The van der Waals surface area contributed by atoms with Crippen LogP contribution in [0.5, 0.6) is 34.5 Å². The van der Waals surface area contributed by atoms with Gasteiger partial charge in [0, 0.05) is 12.1 Å². The Morgan fingerprint density at radius 1 is 0.385 bits per heavy atom. The summed E-state index contributed by atoms with van der Waals surface area (Å²) in [4.78, 5) is 0. The molecule has 2 atom stereocenters. The molecule has 0 amide bonds. The number of fused-ring (bicyclic) bond motifs is 1. The van der Waals surface area contributed by atoms with E-state index in [0.29, 0.717) is 48.0 Å². The van der Waals surface area contributed by atoms with E-state index >= 15 is 0 Å². The average molecular weight is 913 g/mol. The van der Waals surface area contributed by atoms with E-state index in [-0.39, 0.29) is 0 Å². The van der Waals surface area contributed by atoms with E-state index in [9.17, 15) is 0 Å². The highest BCUT2D eigenvalue weighted by Gasteiger charge is 2.19. The SMILES string of the molecule is CCCCCCCCCCC(CCCCCCCC)COc1ccccc1Oc1cc2nnsc2cc1Oc1ccccc1OCC(CCCCCCCC)CCCCCCCCCC. The van der Waals surface area contributed by atoms with Crippen molar-refractivity contribution in [2.45, 2.75) is 233 Å². The molecule has 0 spiro atoms. The second kappa shape index (κ2) is 35.8. The molecule has 1 aromatic heterocycles. The normalized spacial score (nSPS) is 12.4. The summed E-state index contributed by atoms with van der Waals surface area (Å²) in [6, 6.07) is 20.1. The van der Waals surface area contributed by atoms with Gasteiger partial charge in [-0.3, -0.25) is 0 Å². The highest BCUT2D eigenvalue weighted by molar-refractivity contribution is 7.12. The molecule has 0 saturated heterocycles. The van der Waals surface area contributed by atoms with Gasteiger partial charge in [0.05, 0.1) is 17.9 Å². The summed E-state index contributed by atoms with van der Waals surface area (Å²) < 4.78 is 32.1. The number of unbranched alkanes of at least 4 members (excludes halogenated alkanes) is 24. The molecule has 0 bridgehead atoms. The number of benzene rings is 3. The van der Waals surface area contributed by atoms with E-state index in [1.54, 1.807) is 0 Å². The van der Waals surface area contributed by atoms with Crippen molar-refractivity contribution < 1.29 is 18.9 Å². The van der Waals surface area contributed by atoms with Gasteiger partial charge in [-0.2, -0.15) is 0 Å². The fourth-order valence-corrected chi connectivity index (χ4v) is 9.66. The zero-order valence-corrected chi connectivity index (χ0v) is 42.7. The quantitative estimate of drug-likeness (QED) is 0.0413. The van der Waals surface area contributed by atoms with Gasteiger partial charge in [0.2, 0.25) is 0 Å². The minimum Gasteiger partial charge on any atom is -0.489 e. The van der Waals surface area contributed by atoms with Crippen LogP contribution in [0, 0.1) is 11.8 Å². The summed E-state index contributed by atoms with van der Waals surface area (Å²) in [6.45, 7) is 10.6. The fraction of sp³-hybridized carbons (Fsp3) is 0.690. The lowest BCUT2D eigenvalue weighted by atomic mass is 9.94. The molecule has 65 heavy (non-hydrogen) atoms. The molecule has 1 heterocycles. The molecule has 4 aromatic rings. The van der Waals surface area contributed by atoms with Crippen molar-refractivity contribution in [1.29, 1.82) is 0 Å². The zero-order valence-electron chi connectivity index (χ0n) is 41.9. The fourth-order valence-electron chi connectivity index (χ4n) is 9.09. The van der Waals surface area contributed by atoms with Crippen molar-refractivity contribution in [3.05, 3.63) is 60.7 Å². The van der Waals surface area contributed by atoms with Crippen LogP contribution >= 0.6 is 11.5 Å². The van der Waals surface area contributed by atoms with E-state index < -0.39 is 0 Å². The van der Waals surface area contributed by atoms with Crippen LogP contribution < -0.4 is 18.9 Å². The number of nitrogens with zero attached hydrogens (tertiary/aromatic N) is 2. The van der Waals surface area contributed by atoms with E-state index in [1.165, 1.54) is 217 Å². The first-order valence-electron chi connectivity index (χ1n) is 27.2. The first-order valence-corrected chi connectivity index (χ1v) is 28.0. The molecular weight excluding hydrogens is 821 g/mol. The number of aromatic nitrogens is 2. The Kier molecular flexibility index (Phi) is 29.9. The largest absolute Gasteiger partial charge is 0.489 e. The third kappa shape index (κ3) is 23.3. The van der Waals surface area contributed by atoms with Gasteiger partial charge in [0.1, 0.15) is 5.52 Å². The highest BCUT2D eigenvalue weighted by atomic mass is 32.1. The number of rotatable bonds is 42. The maximum Gasteiger partial charge on any atom is 0.172 e. The van der Waals surface area contributed by atoms with Crippen LogP contribution in [0.4, 0.5) is 0 Å². The van der Waals surface area contributed by atoms with Crippen molar-refractivity contribution in [3.63, 3.8) is 0 Å². The third-order valence-electron chi connectivity index (χ3n) is 13.3. The Labute approximate surface area is 401 Å². The molecule has 0 fully saturated rings. The smallest absolute Gasteiger partial charge is 0.172 e. The average Bonchev–Trinajstić information content (AvgIpc) is 3.79. The Balaban J connectivity index is 1.42. The summed E-state index contributed by atoms with van der Waals surface area (Å²) in [6.07, 6.45) is 42.3. The molecule has 0 radical (unpaired) electrons. The van der Waals surface area contributed by atoms with Crippen LogP contribution in [0.15, 0.2) is 60.7 Å². The van der Waals surface area contributed by atoms with E-state index in [2.05, 4.69) is 37.3 Å². The second-order valence-electron chi connectivity index (χ2n) is 19.1. The Morgan fingerprint density at radius 2 is 0.708 bits per heavy atom. The molecule has 0 aliphatic carbocycles. The summed E-state index contributed by atoms with van der Waals surface area (Å²) in [5.74, 6) is 5.14. The molecule has 0 N–H and O–H groups in total. The van der Waals surface area contributed by atoms with Gasteiger partial charge in [-0.25, -0.2) is 0 Å². The number of para-hydroxylation sites is 4. The van der Waals surface area contributed by atoms with Gasteiger partial charge in [0.15, 0.2) is 34.5 Å². The van der Waals surface area contributed by atoms with Gasteiger partial charge < -0.3 is 18.9 Å². The summed E-state index contributed by atoms with van der Waals surface area (Å²) in [7, 11) is 0. The molecule has 0 aliphatic heterocycles. The molecule has 0 saturated carbocycles. The summed E-state index contributed by atoms with van der Waals surface area (Å²) in [5.41, 5.74) is 0.781. The molecule has 7 heteroatoms. The minimum atomic E-state index is 0.535. The molecule has 4 rings (SSSR count). The zero-order chi connectivity index (χ0) is 45.8. The van der Waals surface area contributed by atoms with E-state index in [1.807, 2.05) is 60.7 Å². The molecule has 3 aromatic carbocycles. The summed E-state index contributed by atoms with van der Waals surface area (Å²) >= 11 is 1.36. The van der Waals surface area contributed by atoms with E-state index in [4.69, 9.17) is 18.9 Å². The van der Waals surface area contributed by atoms with Crippen molar-refractivity contribution in [2.24, 2.45) is 11.8 Å². The second-order valence-corrected chi connectivity index (χ2v) is 19.9. The van der Waals surface area contributed by atoms with Gasteiger partial charge in [-0.1, -0.05) is 236 Å². The van der Waals surface area contributed by atoms with Gasteiger partial charge >= 0.3 is 0 Å². The molecular formula is C58H92N2O4S. The van der Waals surface area contributed by atoms with Gasteiger partial charge in [-0.15, -0.1) is 5.10 Å². The lowest BCUT2D eigenvalue weighted by Gasteiger charge is -2.21. The minimum absolute atomic E-state index is 0.535. The summed E-state index contributed by atoms with van der Waals surface area (Å²) in [5, 5.41) is 4.40.